The van der Waals surface area contributed by atoms with Crippen LogP contribution in [0, 0.1) is 0 Å². The van der Waals surface area contributed by atoms with E-state index in [0.717, 1.165) is 49.6 Å². The summed E-state index contributed by atoms with van der Waals surface area (Å²) in [5.74, 6) is -0.980. The predicted molar refractivity (Wildman–Crippen MR) is 171 cm³/mol. The van der Waals surface area contributed by atoms with Crippen LogP contribution in [0.25, 0.3) is 55.2 Å². The molecule has 3 aromatic carbocycles. The van der Waals surface area contributed by atoms with Crippen LogP contribution < -0.4 is 5.69 Å². The Morgan fingerprint density at radius 3 is 2.41 bits per heavy atom. The van der Waals surface area contributed by atoms with Gasteiger partial charge in [0.15, 0.2) is 11.9 Å². The summed E-state index contributed by atoms with van der Waals surface area (Å²) in [6, 6.07) is 23.1. The summed E-state index contributed by atoms with van der Waals surface area (Å²) in [7, 11) is 1.74. The molecule has 218 valence electrons. The molecular formula is C34H26ClN5O4. The standard InChI is InChI=1S/C34H25N5O4.ClH/c1-37-29-18-36-27-11-8-20(23-14-22-4-2-3-5-26(22)35-17-23)15-25(27)30(29)39(34(37)43)24-9-6-19(7-10-24)21-12-13-38-28(16-21)31(40)32(41)33(38)42;/h2-12,14-15,17-18,28,32,41H,13,16H2,1H3;1H. The second-order valence-electron chi connectivity index (χ2n) is 11.1. The number of aromatic nitrogens is 4. The predicted octanol–water partition coefficient (Wildman–Crippen LogP) is 4.44. The van der Waals surface area contributed by atoms with Crippen LogP contribution in [-0.4, -0.2) is 59.5 Å². The number of nitrogens with zero attached hydrogens (tertiary/aromatic N) is 5. The zero-order valence-corrected chi connectivity index (χ0v) is 24.4. The highest BCUT2D eigenvalue weighted by Gasteiger charge is 2.47. The molecule has 44 heavy (non-hydrogen) atoms. The van der Waals surface area contributed by atoms with Gasteiger partial charge in [0.2, 0.25) is 0 Å². The minimum Gasteiger partial charge on any atom is -0.376 e. The van der Waals surface area contributed by atoms with Crippen LogP contribution in [0.5, 0.6) is 0 Å². The number of benzene rings is 3. The maximum absolute atomic E-state index is 13.6. The van der Waals surface area contributed by atoms with E-state index in [-0.39, 0.29) is 24.6 Å². The minimum atomic E-state index is -1.57. The lowest BCUT2D eigenvalue weighted by Gasteiger charge is -2.28. The Labute approximate surface area is 257 Å². The molecule has 1 N–H and O–H groups in total. The molecule has 2 aliphatic heterocycles. The first kappa shape index (κ1) is 27.7. The molecule has 0 aliphatic carbocycles. The number of pyridine rings is 2. The van der Waals surface area contributed by atoms with E-state index in [0.29, 0.717) is 17.6 Å². The maximum Gasteiger partial charge on any atom is 0.333 e. The average molecular weight is 604 g/mol. The Hall–Kier alpha value is -5.12. The molecular weight excluding hydrogens is 578 g/mol. The van der Waals surface area contributed by atoms with Crippen LogP contribution in [0.1, 0.15) is 12.0 Å². The summed E-state index contributed by atoms with van der Waals surface area (Å²) in [5, 5.41) is 11.8. The number of imidazole rings is 1. The first-order chi connectivity index (χ1) is 20.9. The fourth-order valence-electron chi connectivity index (χ4n) is 6.40. The first-order valence-electron chi connectivity index (χ1n) is 14.1. The van der Waals surface area contributed by atoms with Crippen molar-refractivity contribution < 1.29 is 14.7 Å². The van der Waals surface area contributed by atoms with Gasteiger partial charge in [-0.3, -0.25) is 28.7 Å². The zero-order chi connectivity index (χ0) is 29.4. The molecule has 5 heterocycles. The second kappa shape index (κ2) is 10.3. The molecule has 1 amide bonds. The fourth-order valence-corrected chi connectivity index (χ4v) is 6.40. The van der Waals surface area contributed by atoms with Crippen molar-refractivity contribution in [1.82, 2.24) is 24.0 Å². The van der Waals surface area contributed by atoms with E-state index in [1.165, 1.54) is 4.90 Å². The van der Waals surface area contributed by atoms with Gasteiger partial charge in [0, 0.05) is 42.5 Å². The van der Waals surface area contributed by atoms with Gasteiger partial charge in [-0.2, -0.15) is 0 Å². The second-order valence-corrected chi connectivity index (χ2v) is 11.1. The lowest BCUT2D eigenvalue weighted by molar-refractivity contribution is -0.136. The Balaban J connectivity index is 0.00000312. The number of ketones is 1. The highest BCUT2D eigenvalue weighted by atomic mass is 35.5. The quantitative estimate of drug-likeness (QED) is 0.300. The number of aliphatic hydroxyl groups is 1. The lowest BCUT2D eigenvalue weighted by atomic mass is 9.93. The van der Waals surface area contributed by atoms with E-state index in [1.807, 2.05) is 72.9 Å². The number of hydrogen-bond donors (Lipinski definition) is 1. The summed E-state index contributed by atoms with van der Waals surface area (Å²) in [6.45, 7) is 0.278. The molecule has 2 aliphatic rings. The van der Waals surface area contributed by atoms with Crippen molar-refractivity contribution in [2.45, 2.75) is 18.6 Å². The van der Waals surface area contributed by atoms with Gasteiger partial charge in [-0.1, -0.05) is 42.5 Å². The van der Waals surface area contributed by atoms with E-state index in [9.17, 15) is 19.5 Å². The van der Waals surface area contributed by atoms with Gasteiger partial charge in [0.1, 0.15) is 0 Å². The zero-order valence-electron chi connectivity index (χ0n) is 23.5. The Bertz CT molecular complexity index is 2250. The van der Waals surface area contributed by atoms with Crippen LogP contribution in [0.4, 0.5) is 0 Å². The molecule has 1 saturated heterocycles. The number of carbonyl (C=O) groups excluding carboxylic acids is 2. The summed E-state index contributed by atoms with van der Waals surface area (Å²) >= 11 is 0. The number of Topliss-reactive ketones (excluding diaryl/α,β-unsaturated/α-hetero) is 1. The Kier molecular flexibility index (Phi) is 6.46. The summed E-state index contributed by atoms with van der Waals surface area (Å²) < 4.78 is 3.31. The van der Waals surface area contributed by atoms with Gasteiger partial charge in [-0.05, 0) is 53.1 Å². The van der Waals surface area contributed by atoms with Crippen LogP contribution in [0.15, 0.2) is 96.1 Å². The van der Waals surface area contributed by atoms with Gasteiger partial charge in [-0.25, -0.2) is 4.79 Å². The van der Waals surface area contributed by atoms with Crippen LogP contribution >= 0.6 is 12.4 Å². The smallest absolute Gasteiger partial charge is 0.333 e. The van der Waals surface area contributed by atoms with Gasteiger partial charge in [-0.15, -0.1) is 12.4 Å². The van der Waals surface area contributed by atoms with Crippen molar-refractivity contribution in [3.8, 4) is 16.8 Å². The van der Waals surface area contributed by atoms with Crippen molar-refractivity contribution in [1.29, 1.82) is 0 Å². The molecule has 1 fully saturated rings. The van der Waals surface area contributed by atoms with Crippen molar-refractivity contribution in [2.75, 3.05) is 6.54 Å². The SMILES string of the molecule is Cl.Cn1c(=O)n(-c2ccc(C3=CCN4C(=O)C(O)C(=O)C4C3)cc2)c2c3cc(-c4cnc5ccccc5c4)ccc3ncc21. The topological polar surface area (TPSA) is 110 Å². The summed E-state index contributed by atoms with van der Waals surface area (Å²) in [4.78, 5) is 48.9. The van der Waals surface area contributed by atoms with Crippen molar-refractivity contribution in [3.05, 3.63) is 107 Å². The normalized spacial score (nSPS) is 18.1. The van der Waals surface area contributed by atoms with Gasteiger partial charge in [0.25, 0.3) is 5.91 Å². The molecule has 2 atom stereocenters. The fraction of sp³-hybridized carbons (Fsp3) is 0.147. The van der Waals surface area contributed by atoms with Gasteiger partial charge < -0.3 is 10.0 Å². The molecule has 0 saturated carbocycles. The molecule has 10 heteroatoms. The largest absolute Gasteiger partial charge is 0.376 e. The number of para-hydroxylation sites is 1. The van der Waals surface area contributed by atoms with E-state index >= 15 is 0 Å². The number of aliphatic hydroxyl groups excluding tert-OH is 1. The maximum atomic E-state index is 13.6. The molecule has 0 spiro atoms. The van der Waals surface area contributed by atoms with Crippen molar-refractivity contribution in [3.63, 3.8) is 0 Å². The van der Waals surface area contributed by atoms with Crippen LogP contribution in [-0.2, 0) is 16.6 Å². The highest BCUT2D eigenvalue weighted by Crippen LogP contribution is 2.33. The molecule has 2 unspecified atom stereocenters. The molecule has 3 aromatic heterocycles. The van der Waals surface area contributed by atoms with Crippen molar-refractivity contribution >= 4 is 62.5 Å². The third-order valence-corrected chi connectivity index (χ3v) is 8.74. The minimum absolute atomic E-state index is 0. The Morgan fingerprint density at radius 1 is 0.841 bits per heavy atom. The van der Waals surface area contributed by atoms with E-state index < -0.39 is 23.8 Å². The number of fused-ring (bicyclic) bond motifs is 5. The molecule has 8 rings (SSSR count). The number of rotatable bonds is 3. The molecule has 9 nitrogen and oxygen atoms in total. The number of halogens is 1. The molecule has 6 aromatic rings. The van der Waals surface area contributed by atoms with Gasteiger partial charge >= 0.3 is 5.69 Å². The average Bonchev–Trinajstić information content (AvgIpc) is 3.44. The van der Waals surface area contributed by atoms with Crippen molar-refractivity contribution in [2.24, 2.45) is 7.05 Å². The van der Waals surface area contributed by atoms with E-state index in [4.69, 9.17) is 0 Å². The summed E-state index contributed by atoms with van der Waals surface area (Å²) in [5.41, 5.74) is 7.46. The first-order valence-corrected chi connectivity index (χ1v) is 14.1. The lowest BCUT2D eigenvalue weighted by Crippen LogP contribution is -2.38. The Morgan fingerprint density at radius 2 is 1.59 bits per heavy atom. The highest BCUT2D eigenvalue weighted by molar-refractivity contribution is 6.13. The summed E-state index contributed by atoms with van der Waals surface area (Å²) in [6.07, 6.45) is 4.29. The third-order valence-electron chi connectivity index (χ3n) is 8.74. The van der Waals surface area contributed by atoms with Gasteiger partial charge in [0.05, 0.1) is 40.0 Å². The van der Waals surface area contributed by atoms with E-state index in [2.05, 4.69) is 22.1 Å². The number of amides is 1. The van der Waals surface area contributed by atoms with Crippen LogP contribution in [0.2, 0.25) is 0 Å². The third kappa shape index (κ3) is 4.08. The number of carbonyl (C=O) groups is 2. The monoisotopic (exact) mass is 603 g/mol. The number of hydrogen-bond acceptors (Lipinski definition) is 6. The number of aryl methyl sites for hydroxylation is 1. The van der Waals surface area contributed by atoms with Crippen LogP contribution in [0.3, 0.4) is 0 Å². The molecule has 0 radical (unpaired) electrons. The van der Waals surface area contributed by atoms with E-state index in [1.54, 1.807) is 22.4 Å². The molecule has 0 bridgehead atoms.